The second-order valence-electron chi connectivity index (χ2n) is 4.18. The number of aryl methyl sites for hydroxylation is 1. The summed E-state index contributed by atoms with van der Waals surface area (Å²) in [6, 6.07) is 13.1. The average Bonchev–Trinajstić information content (AvgIpc) is 2.81. The van der Waals surface area contributed by atoms with E-state index in [-0.39, 0.29) is 0 Å². The van der Waals surface area contributed by atoms with E-state index in [1.165, 1.54) is 0 Å². The zero-order valence-corrected chi connectivity index (χ0v) is 9.88. The lowest BCUT2D eigenvalue weighted by molar-refractivity contribution is 0.112. The summed E-state index contributed by atoms with van der Waals surface area (Å²) in [5.74, 6) is 0.589. The Labute approximate surface area is 104 Å². The maximum absolute atomic E-state index is 10.7. The van der Waals surface area contributed by atoms with E-state index in [4.69, 9.17) is 4.42 Å². The molecular weight excluding hydrogens is 226 g/mol. The fourth-order valence-corrected chi connectivity index (χ4v) is 1.95. The minimum atomic E-state index is 0.589. The lowest BCUT2D eigenvalue weighted by Gasteiger charge is -1.98. The first kappa shape index (κ1) is 10.7. The molecule has 0 spiro atoms. The summed E-state index contributed by atoms with van der Waals surface area (Å²) in [5, 5.41) is 0. The number of oxazole rings is 1. The van der Waals surface area contributed by atoms with Crippen molar-refractivity contribution in [3.8, 4) is 11.5 Å². The van der Waals surface area contributed by atoms with Gasteiger partial charge in [-0.15, -0.1) is 0 Å². The lowest BCUT2D eigenvalue weighted by Crippen LogP contribution is -1.81. The first-order valence-electron chi connectivity index (χ1n) is 5.70. The van der Waals surface area contributed by atoms with Gasteiger partial charge in [0.25, 0.3) is 0 Å². The fraction of sp³-hybridized carbons (Fsp3) is 0.0667. The first-order chi connectivity index (χ1) is 8.78. The Balaban J connectivity index is 2.19. The van der Waals surface area contributed by atoms with Crippen LogP contribution in [0.2, 0.25) is 0 Å². The Bertz CT molecular complexity index is 728. The molecule has 18 heavy (non-hydrogen) atoms. The van der Waals surface area contributed by atoms with Crippen molar-refractivity contribution < 1.29 is 9.21 Å². The van der Waals surface area contributed by atoms with Gasteiger partial charge in [0.2, 0.25) is 5.89 Å². The highest BCUT2D eigenvalue weighted by Gasteiger charge is 2.10. The van der Waals surface area contributed by atoms with Crippen LogP contribution in [0.4, 0.5) is 0 Å². The molecule has 0 saturated heterocycles. The van der Waals surface area contributed by atoms with Gasteiger partial charge in [0.15, 0.2) is 5.58 Å². The summed E-state index contributed by atoms with van der Waals surface area (Å²) >= 11 is 0. The molecule has 0 unspecified atom stereocenters. The molecule has 0 bridgehead atoms. The number of carbonyl (C=O) groups excluding carboxylic acids is 1. The number of carbonyl (C=O) groups is 1. The number of rotatable bonds is 2. The second-order valence-corrected chi connectivity index (χ2v) is 4.18. The Kier molecular flexibility index (Phi) is 2.45. The largest absolute Gasteiger partial charge is 0.436 e. The van der Waals surface area contributed by atoms with Crippen molar-refractivity contribution in [3.63, 3.8) is 0 Å². The maximum atomic E-state index is 10.7. The summed E-state index contributed by atoms with van der Waals surface area (Å²) in [6.45, 7) is 2.01. The van der Waals surface area contributed by atoms with E-state index in [1.54, 1.807) is 18.2 Å². The topological polar surface area (TPSA) is 43.1 Å². The zero-order valence-electron chi connectivity index (χ0n) is 9.88. The molecule has 0 aliphatic rings. The van der Waals surface area contributed by atoms with E-state index < -0.39 is 0 Å². The summed E-state index contributed by atoms with van der Waals surface area (Å²) in [7, 11) is 0. The molecular formula is C15H11NO2. The fourth-order valence-electron chi connectivity index (χ4n) is 1.95. The summed E-state index contributed by atoms with van der Waals surface area (Å²) < 4.78 is 5.71. The molecule has 3 heteroatoms. The monoisotopic (exact) mass is 237 g/mol. The van der Waals surface area contributed by atoms with Crippen molar-refractivity contribution in [2.24, 2.45) is 0 Å². The SMILES string of the molecule is Cc1ccccc1-c1nc2cc(C=O)ccc2o1. The molecule has 2 aromatic carbocycles. The smallest absolute Gasteiger partial charge is 0.227 e. The van der Waals surface area contributed by atoms with Gasteiger partial charge in [-0.05, 0) is 36.8 Å². The lowest BCUT2D eigenvalue weighted by atomic mass is 10.1. The third-order valence-electron chi connectivity index (χ3n) is 2.92. The Hall–Kier alpha value is -2.42. The molecule has 1 heterocycles. The van der Waals surface area contributed by atoms with Gasteiger partial charge >= 0.3 is 0 Å². The third kappa shape index (κ3) is 1.70. The van der Waals surface area contributed by atoms with E-state index in [1.807, 2.05) is 31.2 Å². The molecule has 0 aliphatic heterocycles. The first-order valence-corrected chi connectivity index (χ1v) is 5.70. The van der Waals surface area contributed by atoms with Crippen LogP contribution in [-0.2, 0) is 0 Å². The Morgan fingerprint density at radius 3 is 2.78 bits per heavy atom. The molecule has 0 radical (unpaired) electrons. The van der Waals surface area contributed by atoms with Crippen molar-refractivity contribution in [1.82, 2.24) is 4.98 Å². The number of aromatic nitrogens is 1. The molecule has 0 saturated carbocycles. The molecule has 0 amide bonds. The van der Waals surface area contributed by atoms with E-state index in [0.29, 0.717) is 22.6 Å². The standard InChI is InChI=1S/C15H11NO2/c1-10-4-2-3-5-12(10)15-16-13-8-11(9-17)6-7-14(13)18-15/h2-9H,1H3. The van der Waals surface area contributed by atoms with Gasteiger partial charge in [-0.25, -0.2) is 4.98 Å². The summed E-state index contributed by atoms with van der Waals surface area (Å²) in [4.78, 5) is 15.1. The van der Waals surface area contributed by atoms with Crippen molar-refractivity contribution >= 4 is 17.4 Å². The molecule has 0 N–H and O–H groups in total. The van der Waals surface area contributed by atoms with Crippen LogP contribution in [0.3, 0.4) is 0 Å². The number of aldehydes is 1. The van der Waals surface area contributed by atoms with E-state index >= 15 is 0 Å². The van der Waals surface area contributed by atoms with Crippen molar-refractivity contribution in [1.29, 1.82) is 0 Å². The Morgan fingerprint density at radius 2 is 2.00 bits per heavy atom. The molecule has 0 aliphatic carbocycles. The molecule has 3 rings (SSSR count). The minimum Gasteiger partial charge on any atom is -0.436 e. The summed E-state index contributed by atoms with van der Waals surface area (Å²) in [5.41, 5.74) is 4.09. The third-order valence-corrected chi connectivity index (χ3v) is 2.92. The molecule has 3 aromatic rings. The number of hydrogen-bond acceptors (Lipinski definition) is 3. The predicted molar refractivity (Wildman–Crippen MR) is 69.6 cm³/mol. The van der Waals surface area contributed by atoms with Crippen LogP contribution in [-0.4, -0.2) is 11.3 Å². The minimum absolute atomic E-state index is 0.589. The van der Waals surface area contributed by atoms with Gasteiger partial charge in [0, 0.05) is 11.1 Å². The van der Waals surface area contributed by atoms with E-state index in [0.717, 1.165) is 17.4 Å². The van der Waals surface area contributed by atoms with Crippen LogP contribution >= 0.6 is 0 Å². The van der Waals surface area contributed by atoms with Crippen molar-refractivity contribution in [2.45, 2.75) is 6.92 Å². The van der Waals surface area contributed by atoms with Gasteiger partial charge in [0.1, 0.15) is 11.8 Å². The van der Waals surface area contributed by atoms with Crippen LogP contribution in [0.5, 0.6) is 0 Å². The highest BCUT2D eigenvalue weighted by atomic mass is 16.3. The highest BCUT2D eigenvalue weighted by molar-refractivity contribution is 5.85. The van der Waals surface area contributed by atoms with Crippen LogP contribution in [0.25, 0.3) is 22.6 Å². The second kappa shape index (κ2) is 4.11. The molecule has 0 fully saturated rings. The van der Waals surface area contributed by atoms with E-state index in [9.17, 15) is 4.79 Å². The molecule has 88 valence electrons. The van der Waals surface area contributed by atoms with Gasteiger partial charge in [-0.2, -0.15) is 0 Å². The zero-order chi connectivity index (χ0) is 12.5. The van der Waals surface area contributed by atoms with E-state index in [2.05, 4.69) is 4.98 Å². The Morgan fingerprint density at radius 1 is 1.17 bits per heavy atom. The number of benzene rings is 2. The molecule has 3 nitrogen and oxygen atoms in total. The van der Waals surface area contributed by atoms with Gasteiger partial charge < -0.3 is 4.42 Å². The van der Waals surface area contributed by atoms with Gasteiger partial charge in [-0.1, -0.05) is 18.2 Å². The van der Waals surface area contributed by atoms with Crippen molar-refractivity contribution in [3.05, 3.63) is 53.6 Å². The van der Waals surface area contributed by atoms with Crippen LogP contribution in [0, 0.1) is 6.92 Å². The number of fused-ring (bicyclic) bond motifs is 1. The quantitative estimate of drug-likeness (QED) is 0.639. The van der Waals surface area contributed by atoms with Crippen molar-refractivity contribution in [2.75, 3.05) is 0 Å². The van der Waals surface area contributed by atoms with Crippen LogP contribution < -0.4 is 0 Å². The highest BCUT2D eigenvalue weighted by Crippen LogP contribution is 2.26. The van der Waals surface area contributed by atoms with Gasteiger partial charge in [0.05, 0.1) is 0 Å². The molecule has 1 aromatic heterocycles. The van der Waals surface area contributed by atoms with Gasteiger partial charge in [-0.3, -0.25) is 4.79 Å². The number of hydrogen-bond donors (Lipinski definition) is 0. The normalized spacial score (nSPS) is 10.7. The maximum Gasteiger partial charge on any atom is 0.227 e. The van der Waals surface area contributed by atoms with Crippen LogP contribution in [0.1, 0.15) is 15.9 Å². The summed E-state index contributed by atoms with van der Waals surface area (Å²) in [6.07, 6.45) is 0.807. The average molecular weight is 237 g/mol. The predicted octanol–water partition coefficient (Wildman–Crippen LogP) is 3.62. The van der Waals surface area contributed by atoms with Crippen LogP contribution in [0.15, 0.2) is 46.9 Å². The molecule has 0 atom stereocenters. The number of nitrogens with zero attached hydrogens (tertiary/aromatic N) is 1.